The number of aliphatic hydroxyl groups excluding tert-OH is 1. The van der Waals surface area contributed by atoms with Gasteiger partial charge in [0.15, 0.2) is 0 Å². The second-order valence-corrected chi connectivity index (χ2v) is 11.5. The molecule has 3 atom stereocenters. The van der Waals surface area contributed by atoms with Crippen molar-refractivity contribution in [1.82, 2.24) is 14.2 Å². The largest absolute Gasteiger partial charge is 0.389 e. The second kappa shape index (κ2) is 11.7. The summed E-state index contributed by atoms with van der Waals surface area (Å²) in [4.78, 5) is 13.8. The third-order valence-corrected chi connectivity index (χ3v) is 8.56. The van der Waals surface area contributed by atoms with Crippen molar-refractivity contribution in [2.24, 2.45) is 5.92 Å². The lowest BCUT2D eigenvalue weighted by Crippen LogP contribution is -2.49. The number of aromatic nitrogens is 1. The molecule has 3 N–H and O–H groups in total. The first-order valence-electron chi connectivity index (χ1n) is 13.6. The van der Waals surface area contributed by atoms with E-state index in [0.717, 1.165) is 41.2 Å². The predicted molar refractivity (Wildman–Crippen MR) is 157 cm³/mol. The molecule has 6 nitrogen and oxygen atoms in total. The summed E-state index contributed by atoms with van der Waals surface area (Å²) in [6.07, 6.45) is 5.93. The van der Waals surface area contributed by atoms with Crippen LogP contribution in [-0.2, 0) is 30.6 Å². The topological polar surface area (TPSA) is 69.5 Å². The van der Waals surface area contributed by atoms with Gasteiger partial charge < -0.3 is 24.6 Å². The number of nitrogens with one attached hydrogen (secondary N) is 2. The molecule has 0 fully saturated rings. The molecule has 0 spiro atoms. The van der Waals surface area contributed by atoms with Crippen LogP contribution in [0.15, 0.2) is 66.9 Å². The minimum absolute atomic E-state index is 0.0354. The van der Waals surface area contributed by atoms with Gasteiger partial charge in [0.05, 0.1) is 23.8 Å². The van der Waals surface area contributed by atoms with E-state index < -0.39 is 12.1 Å². The summed E-state index contributed by atoms with van der Waals surface area (Å²) in [6.45, 7) is 5.44. The van der Waals surface area contributed by atoms with Gasteiger partial charge in [-0.25, -0.2) is 0 Å². The fraction of sp³-hybridized carbons (Fsp3) is 0.387. The van der Waals surface area contributed by atoms with Crippen LogP contribution in [0.1, 0.15) is 34.9 Å². The summed E-state index contributed by atoms with van der Waals surface area (Å²) >= 11 is 1.80. The summed E-state index contributed by atoms with van der Waals surface area (Å²) < 4.78 is 4.53. The van der Waals surface area contributed by atoms with Crippen molar-refractivity contribution >= 4 is 29.2 Å². The molecule has 3 aromatic rings. The van der Waals surface area contributed by atoms with Crippen molar-refractivity contribution in [3.63, 3.8) is 0 Å². The Hall–Kier alpha value is -3.16. The SMILES string of the molecule is CCn1cc2c3c1CC(C(=O)N[C@@H](Cc1ccccc1)[C@H](O)CNc1cccc(C)c1)C=C3N(C)SCC2. The number of hydrogen-bond donors (Lipinski definition) is 3. The van der Waals surface area contributed by atoms with Crippen LogP contribution in [0.2, 0.25) is 0 Å². The average Bonchev–Trinajstić information content (AvgIpc) is 3.20. The lowest BCUT2D eigenvalue weighted by molar-refractivity contribution is -0.125. The number of carbonyl (C=O) groups is 1. The molecule has 0 saturated carbocycles. The summed E-state index contributed by atoms with van der Waals surface area (Å²) in [5.74, 6) is 0.707. The molecule has 2 aliphatic rings. The van der Waals surface area contributed by atoms with Gasteiger partial charge in [0.2, 0.25) is 5.91 Å². The zero-order chi connectivity index (χ0) is 26.6. The van der Waals surface area contributed by atoms with Gasteiger partial charge in [-0.05, 0) is 73.5 Å². The number of rotatable bonds is 9. The molecule has 7 heteroatoms. The maximum absolute atomic E-state index is 13.8. The molecule has 2 aromatic carbocycles. The molecule has 2 heterocycles. The van der Waals surface area contributed by atoms with Gasteiger partial charge in [0, 0.05) is 55.5 Å². The quantitative estimate of drug-likeness (QED) is 0.351. The lowest BCUT2D eigenvalue weighted by atomic mass is 9.88. The van der Waals surface area contributed by atoms with Crippen LogP contribution in [0.5, 0.6) is 0 Å². The van der Waals surface area contributed by atoms with E-state index in [4.69, 9.17) is 0 Å². The van der Waals surface area contributed by atoms with Gasteiger partial charge in [-0.2, -0.15) is 0 Å². The van der Waals surface area contributed by atoms with Gasteiger partial charge in [0.25, 0.3) is 0 Å². The van der Waals surface area contributed by atoms with E-state index in [1.54, 1.807) is 11.9 Å². The Balaban J connectivity index is 1.36. The highest BCUT2D eigenvalue weighted by atomic mass is 32.2. The van der Waals surface area contributed by atoms with E-state index >= 15 is 0 Å². The molecule has 0 saturated heterocycles. The zero-order valence-electron chi connectivity index (χ0n) is 22.5. The zero-order valence-corrected chi connectivity index (χ0v) is 23.3. The molecule has 1 amide bonds. The van der Waals surface area contributed by atoms with E-state index in [0.29, 0.717) is 19.4 Å². The Bertz CT molecular complexity index is 1300. The number of amides is 1. The molecule has 5 rings (SSSR count). The minimum atomic E-state index is -0.756. The lowest BCUT2D eigenvalue weighted by Gasteiger charge is -2.30. The van der Waals surface area contributed by atoms with E-state index in [1.165, 1.54) is 16.8 Å². The third-order valence-electron chi connectivity index (χ3n) is 7.59. The Morgan fingerprint density at radius 3 is 2.76 bits per heavy atom. The predicted octanol–water partition coefficient (Wildman–Crippen LogP) is 4.67. The fourth-order valence-electron chi connectivity index (χ4n) is 5.56. The maximum atomic E-state index is 13.8. The Morgan fingerprint density at radius 1 is 1.18 bits per heavy atom. The maximum Gasteiger partial charge on any atom is 0.227 e. The van der Waals surface area contributed by atoms with Crippen LogP contribution >= 0.6 is 11.9 Å². The molecule has 38 heavy (non-hydrogen) atoms. The van der Waals surface area contributed by atoms with Crippen molar-refractivity contribution in [2.75, 3.05) is 24.7 Å². The summed E-state index contributed by atoms with van der Waals surface area (Å²) in [5, 5.41) is 17.9. The number of anilines is 1. The van der Waals surface area contributed by atoms with E-state index in [1.807, 2.05) is 55.5 Å². The highest BCUT2D eigenvalue weighted by Crippen LogP contribution is 2.40. The summed E-state index contributed by atoms with van der Waals surface area (Å²) in [5.41, 5.74) is 8.28. The molecule has 1 unspecified atom stereocenters. The highest BCUT2D eigenvalue weighted by molar-refractivity contribution is 7.97. The first-order valence-corrected chi connectivity index (χ1v) is 14.5. The number of carbonyl (C=O) groups excluding carboxylic acids is 1. The van der Waals surface area contributed by atoms with Gasteiger partial charge in [-0.3, -0.25) is 4.79 Å². The Labute approximate surface area is 230 Å². The third kappa shape index (κ3) is 5.79. The van der Waals surface area contributed by atoms with E-state index in [9.17, 15) is 9.90 Å². The smallest absolute Gasteiger partial charge is 0.227 e. The minimum Gasteiger partial charge on any atom is -0.389 e. The highest BCUT2D eigenvalue weighted by Gasteiger charge is 2.34. The van der Waals surface area contributed by atoms with Crippen LogP contribution in [0.25, 0.3) is 5.70 Å². The van der Waals surface area contributed by atoms with Gasteiger partial charge in [-0.1, -0.05) is 42.5 Å². The van der Waals surface area contributed by atoms with Crippen LogP contribution in [0, 0.1) is 12.8 Å². The van der Waals surface area contributed by atoms with Crippen LogP contribution in [0.4, 0.5) is 5.69 Å². The van der Waals surface area contributed by atoms with Crippen LogP contribution < -0.4 is 10.6 Å². The van der Waals surface area contributed by atoms with Crippen molar-refractivity contribution in [2.45, 2.75) is 51.8 Å². The Morgan fingerprint density at radius 2 is 2.00 bits per heavy atom. The second-order valence-electron chi connectivity index (χ2n) is 10.3. The molecule has 1 aromatic heterocycles. The molecule has 1 aliphatic heterocycles. The summed E-state index contributed by atoms with van der Waals surface area (Å²) in [7, 11) is 2.10. The van der Waals surface area contributed by atoms with Gasteiger partial charge >= 0.3 is 0 Å². The van der Waals surface area contributed by atoms with Gasteiger partial charge in [-0.15, -0.1) is 0 Å². The first-order chi connectivity index (χ1) is 18.4. The van der Waals surface area contributed by atoms with E-state index in [2.05, 4.69) is 51.8 Å². The van der Waals surface area contributed by atoms with Crippen molar-refractivity contribution in [1.29, 1.82) is 0 Å². The van der Waals surface area contributed by atoms with Crippen molar-refractivity contribution < 1.29 is 9.90 Å². The molecule has 1 aliphatic carbocycles. The number of hydrogen-bond acceptors (Lipinski definition) is 5. The summed E-state index contributed by atoms with van der Waals surface area (Å²) in [6, 6.07) is 17.7. The number of aliphatic hydroxyl groups is 1. The molecule has 0 bridgehead atoms. The number of nitrogens with zero attached hydrogens (tertiary/aromatic N) is 2. The average molecular weight is 531 g/mol. The molecular weight excluding hydrogens is 492 g/mol. The molecular formula is C31H38N4O2S. The monoisotopic (exact) mass is 530 g/mol. The first kappa shape index (κ1) is 26.4. The van der Waals surface area contributed by atoms with Crippen molar-refractivity contribution in [3.8, 4) is 0 Å². The standard InChI is InChI=1S/C31H38N4O2S/c1-4-35-20-23-13-14-38-34(3)27-17-24(18-28(35)30(23)27)31(37)33-26(16-22-10-6-5-7-11-22)29(36)19-32-25-12-8-9-21(2)15-25/h5-12,15,17,20,24,26,29,32,36H,4,13-14,16,18-19H2,1-3H3,(H,33,37)/t24?,26-,29+/m0/s1. The van der Waals surface area contributed by atoms with E-state index in [-0.39, 0.29) is 11.8 Å². The Kier molecular flexibility index (Phi) is 8.15. The number of benzene rings is 2. The fourth-order valence-corrected chi connectivity index (χ4v) is 6.43. The van der Waals surface area contributed by atoms with Crippen LogP contribution in [0.3, 0.4) is 0 Å². The van der Waals surface area contributed by atoms with Crippen molar-refractivity contribution in [3.05, 3.63) is 94.8 Å². The normalized spacial score (nSPS) is 18.2. The van der Waals surface area contributed by atoms with Crippen LogP contribution in [-0.4, -0.2) is 51.4 Å². The molecule has 0 radical (unpaired) electrons. The number of aryl methyl sites for hydroxylation is 3. The molecule has 200 valence electrons. The van der Waals surface area contributed by atoms with Gasteiger partial charge in [0.1, 0.15) is 0 Å².